The van der Waals surface area contributed by atoms with Crippen molar-refractivity contribution in [1.82, 2.24) is 9.78 Å². The molecule has 6 heteroatoms. The molecule has 1 rings (SSSR count). The zero-order chi connectivity index (χ0) is 12.3. The molecule has 0 aromatic carbocycles. The maximum atomic E-state index is 11.5. The van der Waals surface area contributed by atoms with Gasteiger partial charge in [0.2, 0.25) is 0 Å². The quantitative estimate of drug-likeness (QED) is 0.797. The number of hydrogen-bond donors (Lipinski definition) is 2. The zero-order valence-corrected chi connectivity index (χ0v) is 10.1. The van der Waals surface area contributed by atoms with Crippen molar-refractivity contribution in [2.75, 3.05) is 17.7 Å². The van der Waals surface area contributed by atoms with E-state index in [0.717, 1.165) is 0 Å². The van der Waals surface area contributed by atoms with E-state index >= 15 is 0 Å². The largest absolute Gasteiger partial charge is 0.394 e. The van der Waals surface area contributed by atoms with Gasteiger partial charge in [-0.1, -0.05) is 0 Å². The Labute approximate surface area is 94.8 Å². The third kappa shape index (κ3) is 3.54. The van der Waals surface area contributed by atoms with Gasteiger partial charge in [0.1, 0.15) is 6.61 Å². The van der Waals surface area contributed by atoms with Gasteiger partial charge in [0.25, 0.3) is 5.91 Å². The minimum atomic E-state index is -0.338. The molecule has 90 valence electrons. The second kappa shape index (κ2) is 4.52. The summed E-state index contributed by atoms with van der Waals surface area (Å²) in [5.74, 6) is 0.243. The van der Waals surface area contributed by atoms with E-state index in [9.17, 15) is 4.79 Å². The number of carbonyl (C=O) groups excluding carboxylic acids is 1. The molecule has 0 spiro atoms. The predicted octanol–water partition coefficient (Wildman–Crippen LogP) is 0.756. The summed E-state index contributed by atoms with van der Waals surface area (Å²) in [6.07, 6.45) is 1.49. The van der Waals surface area contributed by atoms with Crippen LogP contribution in [0.3, 0.4) is 0 Å². The fraction of sp³-hybridized carbons (Fsp3) is 0.600. The van der Waals surface area contributed by atoms with Crippen LogP contribution >= 0.6 is 0 Å². The Kier molecular flexibility index (Phi) is 3.54. The molecule has 0 saturated carbocycles. The Balaban J connectivity index is 2.53. The first-order valence-electron chi connectivity index (χ1n) is 5.01. The van der Waals surface area contributed by atoms with Gasteiger partial charge < -0.3 is 15.8 Å². The summed E-state index contributed by atoms with van der Waals surface area (Å²) in [5, 5.41) is 6.56. The highest BCUT2D eigenvalue weighted by molar-refractivity contribution is 5.93. The van der Waals surface area contributed by atoms with E-state index in [4.69, 9.17) is 10.5 Å². The first-order valence-corrected chi connectivity index (χ1v) is 5.01. The van der Waals surface area contributed by atoms with Crippen molar-refractivity contribution >= 4 is 17.4 Å². The minimum Gasteiger partial charge on any atom is -0.394 e. The molecular weight excluding hydrogens is 208 g/mol. The van der Waals surface area contributed by atoms with Crippen LogP contribution in [0, 0.1) is 0 Å². The molecule has 0 aliphatic rings. The first kappa shape index (κ1) is 12.5. The second-order valence-electron chi connectivity index (χ2n) is 4.52. The summed E-state index contributed by atoms with van der Waals surface area (Å²) in [6, 6.07) is 0. The smallest absolute Gasteiger partial charge is 0.251 e. The molecule has 1 amide bonds. The lowest BCUT2D eigenvalue weighted by molar-refractivity contribution is -0.125. The molecule has 1 heterocycles. The first-order chi connectivity index (χ1) is 7.29. The van der Waals surface area contributed by atoms with Gasteiger partial charge in [-0.05, 0) is 20.8 Å². The SMILES string of the molecule is Cn1ncc(N)c1NC(=O)COC(C)(C)C. The fourth-order valence-electron chi connectivity index (χ4n) is 1.06. The number of nitrogen functional groups attached to an aromatic ring is 1. The van der Waals surface area contributed by atoms with Crippen LogP contribution in [0.1, 0.15) is 20.8 Å². The van der Waals surface area contributed by atoms with Gasteiger partial charge in [0.05, 0.1) is 17.5 Å². The van der Waals surface area contributed by atoms with E-state index in [1.165, 1.54) is 10.9 Å². The van der Waals surface area contributed by atoms with Gasteiger partial charge in [0, 0.05) is 7.05 Å². The van der Waals surface area contributed by atoms with Crippen molar-refractivity contribution in [1.29, 1.82) is 0 Å². The highest BCUT2D eigenvalue weighted by atomic mass is 16.5. The van der Waals surface area contributed by atoms with Crippen molar-refractivity contribution in [2.24, 2.45) is 7.05 Å². The van der Waals surface area contributed by atoms with E-state index < -0.39 is 0 Å². The lowest BCUT2D eigenvalue weighted by Gasteiger charge is -2.19. The summed E-state index contributed by atoms with van der Waals surface area (Å²) in [7, 11) is 1.70. The number of hydrogen-bond acceptors (Lipinski definition) is 4. The molecule has 0 unspecified atom stereocenters. The lowest BCUT2D eigenvalue weighted by atomic mass is 10.2. The van der Waals surface area contributed by atoms with Gasteiger partial charge in [-0.15, -0.1) is 0 Å². The standard InChI is InChI=1S/C10H18N4O2/c1-10(2,3)16-6-8(15)13-9-7(11)5-12-14(9)4/h5H,6,11H2,1-4H3,(H,13,15). The van der Waals surface area contributed by atoms with Crippen molar-refractivity contribution in [2.45, 2.75) is 26.4 Å². The van der Waals surface area contributed by atoms with E-state index in [2.05, 4.69) is 10.4 Å². The maximum absolute atomic E-state index is 11.5. The van der Waals surface area contributed by atoms with Crippen LogP contribution in [0.15, 0.2) is 6.20 Å². The van der Waals surface area contributed by atoms with Crippen molar-refractivity contribution in [3.05, 3.63) is 6.20 Å². The monoisotopic (exact) mass is 226 g/mol. The number of anilines is 2. The molecule has 6 nitrogen and oxygen atoms in total. The van der Waals surface area contributed by atoms with Crippen molar-refractivity contribution in [3.8, 4) is 0 Å². The van der Waals surface area contributed by atoms with Gasteiger partial charge in [-0.25, -0.2) is 0 Å². The molecular formula is C10H18N4O2. The minimum absolute atomic E-state index is 0.00583. The predicted molar refractivity (Wildman–Crippen MR) is 62.0 cm³/mol. The van der Waals surface area contributed by atoms with Crippen LogP contribution in [0.4, 0.5) is 11.5 Å². The Morgan fingerprint density at radius 2 is 2.25 bits per heavy atom. The van der Waals surface area contributed by atoms with E-state index in [1.807, 2.05) is 20.8 Å². The normalized spacial score (nSPS) is 11.5. The number of aromatic nitrogens is 2. The van der Waals surface area contributed by atoms with Gasteiger partial charge in [0.15, 0.2) is 5.82 Å². The van der Waals surface area contributed by atoms with E-state index in [0.29, 0.717) is 11.5 Å². The molecule has 0 atom stereocenters. The fourth-order valence-corrected chi connectivity index (χ4v) is 1.06. The van der Waals surface area contributed by atoms with Crippen LogP contribution < -0.4 is 11.1 Å². The molecule has 3 N–H and O–H groups in total. The average molecular weight is 226 g/mol. The number of carbonyl (C=O) groups is 1. The van der Waals surface area contributed by atoms with Crippen LogP contribution in [0.5, 0.6) is 0 Å². The van der Waals surface area contributed by atoms with Gasteiger partial charge in [-0.2, -0.15) is 5.10 Å². The average Bonchev–Trinajstić information content (AvgIpc) is 2.45. The van der Waals surface area contributed by atoms with Crippen molar-refractivity contribution in [3.63, 3.8) is 0 Å². The molecule has 16 heavy (non-hydrogen) atoms. The number of nitrogens with zero attached hydrogens (tertiary/aromatic N) is 2. The molecule has 0 fully saturated rings. The number of amides is 1. The number of rotatable bonds is 3. The van der Waals surface area contributed by atoms with Gasteiger partial charge >= 0.3 is 0 Å². The Hall–Kier alpha value is -1.56. The topological polar surface area (TPSA) is 82.2 Å². The number of aryl methyl sites for hydroxylation is 1. The molecule has 0 saturated heterocycles. The summed E-state index contributed by atoms with van der Waals surface area (Å²) in [5.41, 5.74) is 5.73. The lowest BCUT2D eigenvalue weighted by Crippen LogP contribution is -2.27. The molecule has 0 bridgehead atoms. The van der Waals surface area contributed by atoms with Crippen LogP contribution in [-0.4, -0.2) is 27.9 Å². The Morgan fingerprint density at radius 1 is 1.62 bits per heavy atom. The van der Waals surface area contributed by atoms with Crippen LogP contribution in [-0.2, 0) is 16.6 Å². The van der Waals surface area contributed by atoms with Gasteiger partial charge in [-0.3, -0.25) is 9.48 Å². The second-order valence-corrected chi connectivity index (χ2v) is 4.52. The molecule has 0 aliphatic heterocycles. The summed E-state index contributed by atoms with van der Waals surface area (Å²) in [4.78, 5) is 11.5. The van der Waals surface area contributed by atoms with Crippen molar-refractivity contribution < 1.29 is 9.53 Å². The highest BCUT2D eigenvalue weighted by Gasteiger charge is 2.14. The molecule has 1 aromatic rings. The third-order valence-electron chi connectivity index (χ3n) is 1.86. The molecule has 0 aliphatic carbocycles. The number of nitrogens with two attached hydrogens (primary N) is 1. The number of nitrogens with one attached hydrogen (secondary N) is 1. The Morgan fingerprint density at radius 3 is 2.69 bits per heavy atom. The maximum Gasteiger partial charge on any atom is 0.251 e. The molecule has 0 radical (unpaired) electrons. The summed E-state index contributed by atoms with van der Waals surface area (Å²) < 4.78 is 6.84. The Bertz CT molecular complexity index is 359. The molecule has 1 aromatic heterocycles. The summed E-state index contributed by atoms with van der Waals surface area (Å²) >= 11 is 0. The third-order valence-corrected chi connectivity index (χ3v) is 1.86. The van der Waals surface area contributed by atoms with Crippen LogP contribution in [0.2, 0.25) is 0 Å². The summed E-state index contributed by atoms with van der Waals surface area (Å²) in [6.45, 7) is 5.66. The number of ether oxygens (including phenoxy) is 1. The van der Waals surface area contributed by atoms with E-state index in [1.54, 1.807) is 7.05 Å². The zero-order valence-electron chi connectivity index (χ0n) is 10.1. The van der Waals surface area contributed by atoms with E-state index in [-0.39, 0.29) is 18.1 Å². The van der Waals surface area contributed by atoms with Crippen LogP contribution in [0.25, 0.3) is 0 Å². The highest BCUT2D eigenvalue weighted by Crippen LogP contribution is 2.15.